The second-order valence-corrected chi connectivity index (χ2v) is 7.02. The molecule has 3 aromatic carbocycles. The van der Waals surface area contributed by atoms with Gasteiger partial charge in [-0.05, 0) is 56.6 Å². The van der Waals surface area contributed by atoms with Crippen molar-refractivity contribution in [3.63, 3.8) is 0 Å². The molecule has 3 rings (SSSR count). The summed E-state index contributed by atoms with van der Waals surface area (Å²) in [6.45, 7) is 0. The Morgan fingerprint density at radius 3 is 2.20 bits per heavy atom. The van der Waals surface area contributed by atoms with E-state index in [1.165, 1.54) is 14.3 Å². The Bertz CT molecular complexity index is 770. The summed E-state index contributed by atoms with van der Waals surface area (Å²) in [7, 11) is 0. The molecule has 0 amide bonds. The van der Waals surface area contributed by atoms with Gasteiger partial charge in [-0.3, -0.25) is 0 Å². The first-order valence-corrected chi connectivity index (χ1v) is 8.55. The fourth-order valence-corrected chi connectivity index (χ4v) is 4.10. The van der Waals surface area contributed by atoms with Crippen LogP contribution >= 0.6 is 50.1 Å². The Morgan fingerprint density at radius 2 is 1.45 bits per heavy atom. The van der Waals surface area contributed by atoms with Crippen LogP contribution in [0.25, 0.3) is 10.8 Å². The maximum Gasteiger partial charge on any atom is 0.0851 e. The van der Waals surface area contributed by atoms with E-state index in [0.717, 1.165) is 15.6 Å². The minimum Gasteiger partial charge on any atom is -0.113 e. The van der Waals surface area contributed by atoms with Gasteiger partial charge in [0.2, 0.25) is 0 Å². The molecule has 0 N–H and O–H groups in total. The fraction of sp³-hybridized carbons (Fsp3) is 0.0588. The van der Waals surface area contributed by atoms with Crippen LogP contribution in [0.1, 0.15) is 16.5 Å². The Hall–Kier alpha value is -0.580. The van der Waals surface area contributed by atoms with E-state index in [2.05, 4.69) is 81.0 Å². The van der Waals surface area contributed by atoms with E-state index in [-0.39, 0.29) is 5.38 Å². The summed E-state index contributed by atoms with van der Waals surface area (Å²) < 4.78 is 2.29. The standard InChI is InChI=1S/C17H11BrClI/c18-15-10-9-13(11-5-1-2-6-12(11)15)17(19)14-7-3-4-8-16(14)20/h1-10,17H. The van der Waals surface area contributed by atoms with Gasteiger partial charge < -0.3 is 0 Å². The molecule has 0 fully saturated rings. The number of hydrogen-bond donors (Lipinski definition) is 0. The van der Waals surface area contributed by atoms with Gasteiger partial charge in [0.15, 0.2) is 0 Å². The molecular weight excluding hydrogens is 446 g/mol. The van der Waals surface area contributed by atoms with Crippen molar-refractivity contribution in [3.05, 3.63) is 79.8 Å². The van der Waals surface area contributed by atoms with Crippen LogP contribution in [-0.2, 0) is 0 Å². The summed E-state index contributed by atoms with van der Waals surface area (Å²) in [5.74, 6) is 0. The maximum absolute atomic E-state index is 6.75. The molecule has 1 unspecified atom stereocenters. The maximum atomic E-state index is 6.75. The monoisotopic (exact) mass is 456 g/mol. The Morgan fingerprint density at radius 1 is 0.800 bits per heavy atom. The van der Waals surface area contributed by atoms with E-state index in [1.807, 2.05) is 18.2 Å². The van der Waals surface area contributed by atoms with Crippen LogP contribution in [0.15, 0.2) is 65.1 Å². The largest absolute Gasteiger partial charge is 0.113 e. The lowest BCUT2D eigenvalue weighted by atomic mass is 9.98. The predicted octanol–water partition coefficient (Wildman–Crippen LogP) is 6.54. The molecule has 0 bridgehead atoms. The van der Waals surface area contributed by atoms with Crippen molar-refractivity contribution in [2.24, 2.45) is 0 Å². The van der Waals surface area contributed by atoms with Gasteiger partial charge in [-0.2, -0.15) is 0 Å². The fourth-order valence-electron chi connectivity index (χ4n) is 2.35. The number of fused-ring (bicyclic) bond motifs is 1. The Balaban J connectivity index is 2.20. The van der Waals surface area contributed by atoms with Gasteiger partial charge in [0.1, 0.15) is 0 Å². The van der Waals surface area contributed by atoms with Gasteiger partial charge in [-0.1, -0.05) is 64.5 Å². The topological polar surface area (TPSA) is 0 Å². The third-order valence-corrected chi connectivity index (χ3v) is 5.50. The Labute approximate surface area is 145 Å². The predicted molar refractivity (Wildman–Crippen MR) is 98.5 cm³/mol. The minimum absolute atomic E-state index is 0.138. The molecule has 0 heterocycles. The second kappa shape index (κ2) is 6.04. The molecule has 0 saturated heterocycles. The third-order valence-electron chi connectivity index (χ3n) is 3.36. The molecule has 3 aromatic rings. The lowest BCUT2D eigenvalue weighted by molar-refractivity contribution is 1.14. The lowest BCUT2D eigenvalue weighted by Gasteiger charge is -2.15. The van der Waals surface area contributed by atoms with Crippen LogP contribution in [0.5, 0.6) is 0 Å². The van der Waals surface area contributed by atoms with Crippen molar-refractivity contribution in [3.8, 4) is 0 Å². The molecule has 0 aliphatic carbocycles. The van der Waals surface area contributed by atoms with Crippen LogP contribution in [-0.4, -0.2) is 0 Å². The quantitative estimate of drug-likeness (QED) is 0.303. The number of hydrogen-bond acceptors (Lipinski definition) is 0. The molecule has 100 valence electrons. The van der Waals surface area contributed by atoms with Crippen molar-refractivity contribution in [1.82, 2.24) is 0 Å². The summed E-state index contributed by atoms with van der Waals surface area (Å²) in [6, 6.07) is 20.8. The van der Waals surface area contributed by atoms with Crippen LogP contribution in [0.3, 0.4) is 0 Å². The van der Waals surface area contributed by atoms with Crippen molar-refractivity contribution < 1.29 is 0 Å². The van der Waals surface area contributed by atoms with Crippen LogP contribution in [0.4, 0.5) is 0 Å². The first-order chi connectivity index (χ1) is 9.68. The first kappa shape index (κ1) is 14.4. The molecule has 0 aliphatic rings. The zero-order valence-corrected chi connectivity index (χ0v) is 15.0. The van der Waals surface area contributed by atoms with E-state index in [0.29, 0.717) is 0 Å². The molecule has 3 heteroatoms. The van der Waals surface area contributed by atoms with E-state index >= 15 is 0 Å². The molecule has 0 radical (unpaired) electrons. The van der Waals surface area contributed by atoms with Crippen molar-refractivity contribution in [1.29, 1.82) is 0 Å². The zero-order chi connectivity index (χ0) is 14.1. The van der Waals surface area contributed by atoms with Crippen LogP contribution in [0, 0.1) is 3.57 Å². The highest BCUT2D eigenvalue weighted by Gasteiger charge is 2.16. The van der Waals surface area contributed by atoms with Gasteiger partial charge in [0.25, 0.3) is 0 Å². The average Bonchev–Trinajstić information content (AvgIpc) is 2.48. The number of alkyl halides is 1. The van der Waals surface area contributed by atoms with E-state index < -0.39 is 0 Å². The van der Waals surface area contributed by atoms with E-state index in [9.17, 15) is 0 Å². The van der Waals surface area contributed by atoms with Gasteiger partial charge in [0, 0.05) is 8.04 Å². The highest BCUT2D eigenvalue weighted by Crippen LogP contribution is 2.37. The molecular formula is C17H11BrClI. The normalized spacial score (nSPS) is 12.6. The molecule has 1 atom stereocenters. The zero-order valence-electron chi connectivity index (χ0n) is 10.5. The third kappa shape index (κ3) is 2.61. The number of benzene rings is 3. The van der Waals surface area contributed by atoms with E-state index in [1.54, 1.807) is 0 Å². The van der Waals surface area contributed by atoms with Gasteiger partial charge in [-0.15, -0.1) is 11.6 Å². The number of halogens is 3. The van der Waals surface area contributed by atoms with Crippen molar-refractivity contribution in [2.75, 3.05) is 0 Å². The van der Waals surface area contributed by atoms with Crippen molar-refractivity contribution >= 4 is 60.9 Å². The van der Waals surface area contributed by atoms with Crippen LogP contribution < -0.4 is 0 Å². The number of rotatable bonds is 2. The molecule has 0 aromatic heterocycles. The lowest BCUT2D eigenvalue weighted by Crippen LogP contribution is -1.97. The van der Waals surface area contributed by atoms with Gasteiger partial charge >= 0.3 is 0 Å². The van der Waals surface area contributed by atoms with Crippen molar-refractivity contribution in [2.45, 2.75) is 5.38 Å². The summed E-state index contributed by atoms with van der Waals surface area (Å²) in [6.07, 6.45) is 0. The molecule has 20 heavy (non-hydrogen) atoms. The molecule has 0 aliphatic heterocycles. The summed E-state index contributed by atoms with van der Waals surface area (Å²) in [5.41, 5.74) is 2.30. The van der Waals surface area contributed by atoms with Gasteiger partial charge in [0.05, 0.1) is 5.38 Å². The summed E-state index contributed by atoms with van der Waals surface area (Å²) in [5, 5.41) is 2.25. The van der Waals surface area contributed by atoms with E-state index in [4.69, 9.17) is 11.6 Å². The molecule has 0 nitrogen and oxygen atoms in total. The van der Waals surface area contributed by atoms with Gasteiger partial charge in [-0.25, -0.2) is 0 Å². The highest BCUT2D eigenvalue weighted by atomic mass is 127. The highest BCUT2D eigenvalue weighted by molar-refractivity contribution is 14.1. The first-order valence-electron chi connectivity index (χ1n) is 6.24. The summed E-state index contributed by atoms with van der Waals surface area (Å²) in [4.78, 5) is 0. The Kier molecular flexibility index (Phi) is 4.34. The minimum atomic E-state index is -0.138. The SMILES string of the molecule is ClC(c1ccccc1I)c1ccc(Br)c2ccccc12. The second-order valence-electron chi connectivity index (χ2n) is 4.57. The molecule has 0 spiro atoms. The smallest absolute Gasteiger partial charge is 0.0851 e. The summed E-state index contributed by atoms with van der Waals surface area (Å²) >= 11 is 12.7. The van der Waals surface area contributed by atoms with Crippen LogP contribution in [0.2, 0.25) is 0 Å². The molecule has 0 saturated carbocycles. The average molecular weight is 458 g/mol.